The van der Waals surface area contributed by atoms with Crippen LogP contribution >= 0.6 is 23.2 Å². The van der Waals surface area contributed by atoms with Crippen molar-refractivity contribution in [2.45, 2.75) is 37.6 Å². The molecule has 1 N–H and O–H groups in total. The minimum absolute atomic E-state index is 0.0226. The number of nitrogens with zero attached hydrogens (tertiary/aromatic N) is 4. The third-order valence-electron chi connectivity index (χ3n) is 9.14. The van der Waals surface area contributed by atoms with Crippen LogP contribution in [0.2, 0.25) is 10.0 Å². The highest BCUT2D eigenvalue weighted by molar-refractivity contribution is 6.42. The third kappa shape index (κ3) is 7.92. The van der Waals surface area contributed by atoms with Gasteiger partial charge in [-0.2, -0.15) is 5.26 Å². The number of likely N-dealkylation sites (tertiary alicyclic amines) is 1. The van der Waals surface area contributed by atoms with Crippen LogP contribution in [0.1, 0.15) is 53.1 Å². The largest absolute Gasteiger partial charge is 0.495 e. The summed E-state index contributed by atoms with van der Waals surface area (Å²) in [5, 5.41) is 15.0. The highest BCUT2D eigenvalue weighted by atomic mass is 35.5. The van der Waals surface area contributed by atoms with Crippen molar-refractivity contribution in [3.05, 3.63) is 75.3 Å². The van der Waals surface area contributed by atoms with Crippen molar-refractivity contribution in [3.63, 3.8) is 0 Å². The number of rotatable bonds is 11. The van der Waals surface area contributed by atoms with E-state index in [0.29, 0.717) is 27.2 Å². The molecule has 2 heterocycles. The predicted molar refractivity (Wildman–Crippen MR) is 181 cm³/mol. The minimum Gasteiger partial charge on any atom is -0.495 e. The summed E-state index contributed by atoms with van der Waals surface area (Å²) < 4.78 is 10.6. The van der Waals surface area contributed by atoms with Gasteiger partial charge in [0.25, 0.3) is 5.91 Å². The number of urea groups is 1. The van der Waals surface area contributed by atoms with E-state index in [1.165, 1.54) is 19.1 Å². The monoisotopic (exact) mass is 679 g/mol. The van der Waals surface area contributed by atoms with Crippen LogP contribution in [0.3, 0.4) is 0 Å². The fourth-order valence-corrected chi connectivity index (χ4v) is 6.93. The number of carbonyl (C=O) groups excluding carboxylic acids is 3. The van der Waals surface area contributed by atoms with Gasteiger partial charge in [0.05, 0.1) is 35.4 Å². The quantitative estimate of drug-likeness (QED) is 0.259. The van der Waals surface area contributed by atoms with E-state index in [-0.39, 0.29) is 48.0 Å². The number of ether oxygens (including phenoxy) is 2. The Morgan fingerprint density at radius 1 is 1.09 bits per heavy atom. The zero-order valence-corrected chi connectivity index (χ0v) is 28.1. The molecule has 1 unspecified atom stereocenters. The van der Waals surface area contributed by atoms with Gasteiger partial charge >= 0.3 is 12.0 Å². The van der Waals surface area contributed by atoms with Crippen molar-refractivity contribution < 1.29 is 23.9 Å². The Kier molecular flexibility index (Phi) is 11.5. The van der Waals surface area contributed by atoms with Gasteiger partial charge in [0.15, 0.2) is 0 Å². The van der Waals surface area contributed by atoms with Crippen molar-refractivity contribution >= 4 is 51.9 Å². The Bertz CT molecular complexity index is 1670. The third-order valence-corrected chi connectivity index (χ3v) is 9.87. The number of piperidine rings is 1. The van der Waals surface area contributed by atoms with E-state index in [4.69, 9.17) is 32.7 Å². The molecule has 3 aromatic rings. The number of amides is 3. The second-order valence-electron chi connectivity index (χ2n) is 11.9. The number of nitrogens with one attached hydrogen (secondary N) is 1. The Labute approximate surface area is 285 Å². The van der Waals surface area contributed by atoms with Gasteiger partial charge in [-0.1, -0.05) is 53.5 Å². The van der Waals surface area contributed by atoms with Crippen LogP contribution < -0.4 is 10.1 Å². The summed E-state index contributed by atoms with van der Waals surface area (Å²) in [6.45, 7) is 3.81. The van der Waals surface area contributed by atoms with Crippen LogP contribution in [0.15, 0.2) is 48.5 Å². The maximum atomic E-state index is 14.5. The summed E-state index contributed by atoms with van der Waals surface area (Å²) in [5.41, 5.74) is 1.31. The lowest BCUT2D eigenvalue weighted by atomic mass is 9.93. The van der Waals surface area contributed by atoms with Gasteiger partial charge in [0.1, 0.15) is 18.4 Å². The molecule has 2 aliphatic rings. The molecule has 3 aromatic carbocycles. The standard InChI is InChI=1S/C35H39Cl2N5O5/c1-46-31(43)22-41(34(44)32-28-7-4-3-6-24(28)18-26(20-38)33(32)47-2)21-25(23-8-9-29(36)30(37)19-23)10-15-40-16-11-27(12-17-40)42-14-5-13-39-35(42)45/h3-4,6-9,18-19,25,27H,5,10-17,21-22H2,1-2H3,(H,39,45). The van der Waals surface area contributed by atoms with E-state index in [0.717, 1.165) is 57.5 Å². The molecule has 47 heavy (non-hydrogen) atoms. The van der Waals surface area contributed by atoms with E-state index in [1.807, 2.05) is 35.2 Å². The van der Waals surface area contributed by atoms with Gasteiger partial charge in [-0.15, -0.1) is 0 Å². The van der Waals surface area contributed by atoms with E-state index >= 15 is 0 Å². The molecule has 5 rings (SSSR count). The van der Waals surface area contributed by atoms with Crippen molar-refractivity contribution in [2.75, 3.05) is 60.0 Å². The normalized spacial score (nSPS) is 16.3. The number of methoxy groups -OCH3 is 2. The van der Waals surface area contributed by atoms with Gasteiger partial charge < -0.3 is 29.5 Å². The molecule has 2 aliphatic heterocycles. The molecule has 2 fully saturated rings. The number of hydrogen-bond acceptors (Lipinski definition) is 7. The fourth-order valence-electron chi connectivity index (χ4n) is 6.62. The van der Waals surface area contributed by atoms with Gasteiger partial charge in [-0.05, 0) is 66.8 Å². The lowest BCUT2D eigenvalue weighted by Crippen LogP contribution is -2.54. The zero-order valence-electron chi connectivity index (χ0n) is 26.6. The second kappa shape index (κ2) is 15.7. The molecule has 0 bridgehead atoms. The molecule has 248 valence electrons. The maximum Gasteiger partial charge on any atom is 0.325 e. The van der Waals surface area contributed by atoms with Crippen LogP contribution in [-0.2, 0) is 9.53 Å². The average molecular weight is 681 g/mol. The number of fused-ring (bicyclic) bond motifs is 1. The summed E-state index contributed by atoms with van der Waals surface area (Å²) in [4.78, 5) is 45.4. The number of esters is 1. The van der Waals surface area contributed by atoms with E-state index in [1.54, 1.807) is 18.2 Å². The van der Waals surface area contributed by atoms with Gasteiger partial charge in [-0.3, -0.25) is 9.59 Å². The lowest BCUT2D eigenvalue weighted by Gasteiger charge is -2.40. The number of carbonyl (C=O) groups is 3. The first-order valence-electron chi connectivity index (χ1n) is 15.8. The van der Waals surface area contributed by atoms with E-state index < -0.39 is 11.9 Å². The molecule has 10 nitrogen and oxygen atoms in total. The first kappa shape index (κ1) is 34.3. The smallest absolute Gasteiger partial charge is 0.325 e. The first-order valence-corrected chi connectivity index (χ1v) is 16.6. The van der Waals surface area contributed by atoms with Crippen LogP contribution in [0.5, 0.6) is 5.75 Å². The van der Waals surface area contributed by atoms with Crippen molar-refractivity contribution in [1.82, 2.24) is 20.0 Å². The van der Waals surface area contributed by atoms with Crippen LogP contribution in [0, 0.1) is 11.3 Å². The van der Waals surface area contributed by atoms with Gasteiger partial charge in [-0.25, -0.2) is 4.79 Å². The number of hydrogen-bond donors (Lipinski definition) is 1. The molecular weight excluding hydrogens is 641 g/mol. The molecule has 12 heteroatoms. The Hall–Kier alpha value is -4.04. The number of halogens is 2. The van der Waals surface area contributed by atoms with Crippen LogP contribution in [-0.4, -0.2) is 98.7 Å². The fraction of sp³-hybridized carbons (Fsp3) is 0.429. The first-order chi connectivity index (χ1) is 22.7. The van der Waals surface area contributed by atoms with Gasteiger partial charge in [0, 0.05) is 44.7 Å². The Morgan fingerprint density at radius 2 is 1.85 bits per heavy atom. The minimum atomic E-state index is -0.574. The number of benzene rings is 3. The van der Waals surface area contributed by atoms with Crippen molar-refractivity contribution in [3.8, 4) is 11.8 Å². The summed E-state index contributed by atoms with van der Waals surface area (Å²) in [7, 11) is 2.70. The highest BCUT2D eigenvalue weighted by Gasteiger charge is 2.32. The summed E-state index contributed by atoms with van der Waals surface area (Å²) in [5.74, 6) is -1.09. The summed E-state index contributed by atoms with van der Waals surface area (Å²) >= 11 is 12.7. The predicted octanol–water partition coefficient (Wildman–Crippen LogP) is 5.70. The lowest BCUT2D eigenvalue weighted by molar-refractivity contribution is -0.141. The highest BCUT2D eigenvalue weighted by Crippen LogP contribution is 2.35. The SMILES string of the molecule is COC(=O)CN(CC(CCN1CCC(N2CCCNC2=O)CC1)c1ccc(Cl)c(Cl)c1)C(=O)c1c(OC)c(C#N)cc2ccccc12. The number of nitriles is 1. The van der Waals surface area contributed by atoms with E-state index in [9.17, 15) is 19.6 Å². The van der Waals surface area contributed by atoms with Crippen molar-refractivity contribution in [2.24, 2.45) is 0 Å². The molecule has 0 aliphatic carbocycles. The molecule has 0 spiro atoms. The molecular formula is C35H39Cl2N5O5. The average Bonchev–Trinajstić information content (AvgIpc) is 3.09. The molecule has 1 atom stereocenters. The molecule has 0 radical (unpaired) electrons. The van der Waals surface area contributed by atoms with Crippen LogP contribution in [0.25, 0.3) is 10.8 Å². The van der Waals surface area contributed by atoms with Crippen LogP contribution in [0.4, 0.5) is 4.79 Å². The van der Waals surface area contributed by atoms with Gasteiger partial charge in [0.2, 0.25) is 0 Å². The second-order valence-corrected chi connectivity index (χ2v) is 12.8. The molecule has 0 aromatic heterocycles. The Balaban J connectivity index is 1.42. The molecule has 0 saturated carbocycles. The maximum absolute atomic E-state index is 14.5. The summed E-state index contributed by atoms with van der Waals surface area (Å²) in [6, 6.07) is 16.8. The summed E-state index contributed by atoms with van der Waals surface area (Å²) in [6.07, 6.45) is 3.40. The Morgan fingerprint density at radius 3 is 2.53 bits per heavy atom. The van der Waals surface area contributed by atoms with Crippen molar-refractivity contribution in [1.29, 1.82) is 5.26 Å². The molecule has 3 amide bonds. The molecule has 2 saturated heterocycles. The zero-order chi connectivity index (χ0) is 33.5. The topological polar surface area (TPSA) is 115 Å². The van der Waals surface area contributed by atoms with E-state index in [2.05, 4.69) is 16.3 Å².